The van der Waals surface area contributed by atoms with Gasteiger partial charge < -0.3 is 10.1 Å². The predicted molar refractivity (Wildman–Crippen MR) is 63.5 cm³/mol. The number of carbonyl (C=O) groups excluding carboxylic acids is 2. The van der Waals surface area contributed by atoms with E-state index in [9.17, 15) is 19.7 Å². The molecule has 0 bridgehead atoms. The lowest BCUT2D eigenvalue weighted by Crippen LogP contribution is -2.11. The number of amides is 1. The quantitative estimate of drug-likeness (QED) is 0.372. The maximum atomic E-state index is 11.6. The Morgan fingerprint density at radius 2 is 2.22 bits per heavy atom. The van der Waals surface area contributed by atoms with E-state index in [1.165, 1.54) is 12.1 Å². The molecule has 0 saturated heterocycles. The van der Waals surface area contributed by atoms with Crippen molar-refractivity contribution in [3.63, 3.8) is 0 Å². The number of carbonyl (C=O) groups is 2. The Kier molecular flexibility index (Phi) is 4.36. The van der Waals surface area contributed by atoms with E-state index in [1.807, 2.05) is 0 Å². The SMILES string of the molecule is CCOC(=O)c1ccc(C)c(NC=O)c1[N+](=O)[O-]. The molecule has 0 aliphatic heterocycles. The normalized spacial score (nSPS) is 9.67. The third-order valence-corrected chi connectivity index (χ3v) is 2.27. The molecule has 96 valence electrons. The summed E-state index contributed by atoms with van der Waals surface area (Å²) in [6.07, 6.45) is 0.324. The molecule has 0 fully saturated rings. The van der Waals surface area contributed by atoms with Crippen LogP contribution in [0.1, 0.15) is 22.8 Å². The number of hydrogen-bond acceptors (Lipinski definition) is 5. The Labute approximate surface area is 103 Å². The van der Waals surface area contributed by atoms with Crippen LogP contribution in [-0.4, -0.2) is 23.9 Å². The highest BCUT2D eigenvalue weighted by Crippen LogP contribution is 2.32. The molecule has 0 unspecified atom stereocenters. The molecular formula is C11H12N2O5. The minimum Gasteiger partial charge on any atom is -0.462 e. The number of nitrogens with one attached hydrogen (secondary N) is 1. The number of benzene rings is 1. The Morgan fingerprint density at radius 3 is 2.72 bits per heavy atom. The van der Waals surface area contributed by atoms with Crippen molar-refractivity contribution in [1.29, 1.82) is 0 Å². The van der Waals surface area contributed by atoms with Crippen molar-refractivity contribution in [2.24, 2.45) is 0 Å². The molecule has 1 aromatic carbocycles. The van der Waals surface area contributed by atoms with Crippen LogP contribution in [0.2, 0.25) is 0 Å². The lowest BCUT2D eigenvalue weighted by Gasteiger charge is -2.09. The summed E-state index contributed by atoms with van der Waals surface area (Å²) in [4.78, 5) is 32.4. The van der Waals surface area contributed by atoms with Crippen molar-refractivity contribution in [2.45, 2.75) is 13.8 Å². The van der Waals surface area contributed by atoms with Gasteiger partial charge in [-0.3, -0.25) is 14.9 Å². The van der Waals surface area contributed by atoms with Gasteiger partial charge in [0.1, 0.15) is 11.3 Å². The smallest absolute Gasteiger partial charge is 0.345 e. The summed E-state index contributed by atoms with van der Waals surface area (Å²) in [5, 5.41) is 13.3. The second kappa shape index (κ2) is 5.76. The second-order valence-corrected chi connectivity index (χ2v) is 3.39. The summed E-state index contributed by atoms with van der Waals surface area (Å²) in [7, 11) is 0. The Hall–Kier alpha value is -2.44. The summed E-state index contributed by atoms with van der Waals surface area (Å²) >= 11 is 0. The summed E-state index contributed by atoms with van der Waals surface area (Å²) in [5.41, 5.74) is -0.153. The van der Waals surface area contributed by atoms with Crippen LogP contribution in [0.3, 0.4) is 0 Å². The van der Waals surface area contributed by atoms with E-state index in [4.69, 9.17) is 4.74 Å². The third-order valence-electron chi connectivity index (χ3n) is 2.27. The van der Waals surface area contributed by atoms with E-state index in [-0.39, 0.29) is 17.9 Å². The van der Waals surface area contributed by atoms with Gasteiger partial charge in [-0.15, -0.1) is 0 Å². The third kappa shape index (κ3) is 2.62. The minimum absolute atomic E-state index is 0.000512. The second-order valence-electron chi connectivity index (χ2n) is 3.39. The van der Waals surface area contributed by atoms with Gasteiger partial charge >= 0.3 is 11.7 Å². The van der Waals surface area contributed by atoms with Gasteiger partial charge in [-0.05, 0) is 25.5 Å². The maximum Gasteiger partial charge on any atom is 0.345 e. The first-order valence-corrected chi connectivity index (χ1v) is 5.18. The molecule has 1 aromatic rings. The molecule has 0 aliphatic rings. The number of nitro benzene ring substituents is 1. The zero-order chi connectivity index (χ0) is 13.7. The number of anilines is 1. The van der Waals surface area contributed by atoms with Crippen LogP contribution in [-0.2, 0) is 9.53 Å². The molecule has 0 spiro atoms. The van der Waals surface area contributed by atoms with Crippen molar-refractivity contribution in [3.05, 3.63) is 33.4 Å². The molecule has 1 N–H and O–H groups in total. The van der Waals surface area contributed by atoms with Gasteiger partial charge in [0.25, 0.3) is 0 Å². The van der Waals surface area contributed by atoms with Gasteiger partial charge in [0.05, 0.1) is 11.5 Å². The van der Waals surface area contributed by atoms with Crippen LogP contribution in [0.25, 0.3) is 0 Å². The first-order chi connectivity index (χ1) is 8.52. The van der Waals surface area contributed by atoms with Gasteiger partial charge in [0, 0.05) is 0 Å². The van der Waals surface area contributed by atoms with E-state index in [2.05, 4.69) is 5.32 Å². The maximum absolute atomic E-state index is 11.6. The number of ether oxygens (including phenoxy) is 1. The molecule has 7 nitrogen and oxygen atoms in total. The first kappa shape index (κ1) is 13.6. The van der Waals surface area contributed by atoms with Crippen LogP contribution < -0.4 is 5.32 Å². The fourth-order valence-corrected chi connectivity index (χ4v) is 1.50. The van der Waals surface area contributed by atoms with E-state index in [1.54, 1.807) is 13.8 Å². The standard InChI is InChI=1S/C11H12N2O5/c1-3-18-11(15)8-5-4-7(2)9(12-6-14)10(8)13(16)17/h4-6H,3H2,1-2H3,(H,12,14). The van der Waals surface area contributed by atoms with Crippen LogP contribution in [0.15, 0.2) is 12.1 Å². The fraction of sp³-hybridized carbons (Fsp3) is 0.273. The number of aryl methyl sites for hydroxylation is 1. The summed E-state index contributed by atoms with van der Waals surface area (Å²) < 4.78 is 4.73. The Morgan fingerprint density at radius 1 is 1.56 bits per heavy atom. The van der Waals surface area contributed by atoms with Crippen molar-refractivity contribution in [3.8, 4) is 0 Å². The van der Waals surface area contributed by atoms with Gasteiger partial charge in [0.15, 0.2) is 0 Å². The predicted octanol–water partition coefficient (Wildman–Crippen LogP) is 1.65. The molecule has 0 heterocycles. The van der Waals surface area contributed by atoms with Gasteiger partial charge in [0.2, 0.25) is 6.41 Å². The molecule has 0 aromatic heterocycles. The molecule has 0 atom stereocenters. The van der Waals surface area contributed by atoms with Gasteiger partial charge in [-0.1, -0.05) is 6.07 Å². The van der Waals surface area contributed by atoms with E-state index in [0.29, 0.717) is 12.0 Å². The monoisotopic (exact) mass is 252 g/mol. The molecule has 7 heteroatoms. The van der Waals surface area contributed by atoms with Crippen LogP contribution in [0.5, 0.6) is 0 Å². The molecule has 0 saturated carbocycles. The number of esters is 1. The lowest BCUT2D eigenvalue weighted by molar-refractivity contribution is -0.384. The molecule has 0 aliphatic carbocycles. The highest BCUT2D eigenvalue weighted by Gasteiger charge is 2.26. The minimum atomic E-state index is -0.793. The highest BCUT2D eigenvalue weighted by molar-refractivity contribution is 5.98. The topological polar surface area (TPSA) is 98.5 Å². The van der Waals surface area contributed by atoms with Crippen molar-refractivity contribution in [1.82, 2.24) is 0 Å². The van der Waals surface area contributed by atoms with E-state index in [0.717, 1.165) is 0 Å². The van der Waals surface area contributed by atoms with Crippen LogP contribution in [0, 0.1) is 17.0 Å². The molecule has 0 radical (unpaired) electrons. The fourth-order valence-electron chi connectivity index (χ4n) is 1.50. The molecule has 18 heavy (non-hydrogen) atoms. The number of nitrogens with zero attached hydrogens (tertiary/aromatic N) is 1. The summed E-state index contributed by atoms with van der Waals surface area (Å²) in [6.45, 7) is 3.30. The van der Waals surface area contributed by atoms with Gasteiger partial charge in [-0.2, -0.15) is 0 Å². The number of nitro groups is 1. The summed E-state index contributed by atoms with van der Waals surface area (Å²) in [5.74, 6) is -0.793. The summed E-state index contributed by atoms with van der Waals surface area (Å²) in [6, 6.07) is 2.81. The average molecular weight is 252 g/mol. The van der Waals surface area contributed by atoms with Crippen LogP contribution >= 0.6 is 0 Å². The zero-order valence-corrected chi connectivity index (χ0v) is 9.93. The van der Waals surface area contributed by atoms with E-state index < -0.39 is 16.6 Å². The van der Waals surface area contributed by atoms with Gasteiger partial charge in [-0.25, -0.2) is 4.79 Å². The zero-order valence-electron chi connectivity index (χ0n) is 9.93. The lowest BCUT2D eigenvalue weighted by atomic mass is 10.1. The Balaban J connectivity index is 3.43. The number of hydrogen-bond donors (Lipinski definition) is 1. The van der Waals surface area contributed by atoms with Crippen molar-refractivity contribution >= 4 is 23.8 Å². The van der Waals surface area contributed by atoms with Crippen molar-refractivity contribution in [2.75, 3.05) is 11.9 Å². The van der Waals surface area contributed by atoms with Crippen molar-refractivity contribution < 1.29 is 19.2 Å². The first-order valence-electron chi connectivity index (χ1n) is 5.18. The largest absolute Gasteiger partial charge is 0.462 e. The average Bonchev–Trinajstić information content (AvgIpc) is 2.31. The molecule has 1 rings (SSSR count). The van der Waals surface area contributed by atoms with Crippen LogP contribution in [0.4, 0.5) is 11.4 Å². The molecular weight excluding hydrogens is 240 g/mol. The highest BCUT2D eigenvalue weighted by atomic mass is 16.6. The molecule has 1 amide bonds. The van der Waals surface area contributed by atoms with E-state index >= 15 is 0 Å². The Bertz CT molecular complexity index is 498. The number of rotatable bonds is 5.